The van der Waals surface area contributed by atoms with Crippen molar-refractivity contribution in [3.05, 3.63) is 0 Å². The first-order chi connectivity index (χ1) is 2.56. The SMILES string of the molecule is [Ca+2].[O-][Si]([O-])(F)[O][AlH2]. The molecule has 0 spiro atoms. The minimum absolute atomic E-state index is 0. The van der Waals surface area contributed by atoms with E-state index in [-0.39, 0.29) is 54.4 Å². The summed E-state index contributed by atoms with van der Waals surface area (Å²) in [6.45, 7) is 0. The molecule has 36 valence electrons. The summed E-state index contributed by atoms with van der Waals surface area (Å²) in [5, 5.41) is 0. The number of halogens is 1. The van der Waals surface area contributed by atoms with Crippen molar-refractivity contribution in [1.82, 2.24) is 0 Å². The van der Waals surface area contributed by atoms with Crippen LogP contribution in [0.3, 0.4) is 0 Å². The summed E-state index contributed by atoms with van der Waals surface area (Å²) in [4.78, 5) is 18.4. The van der Waals surface area contributed by atoms with Gasteiger partial charge in [-0.05, 0) is 0 Å². The van der Waals surface area contributed by atoms with Gasteiger partial charge in [-0.15, -0.1) is 0 Å². The predicted molar refractivity (Wildman–Crippen MR) is 22.2 cm³/mol. The summed E-state index contributed by atoms with van der Waals surface area (Å²) < 4.78 is 14.4. The van der Waals surface area contributed by atoms with Gasteiger partial charge in [0.1, 0.15) is 0 Å². The molecule has 0 aromatic rings. The van der Waals surface area contributed by atoms with E-state index in [4.69, 9.17) is 0 Å². The Bertz CT molecular complexity index is 44.7. The maximum Gasteiger partial charge on any atom is 2.00 e. The Morgan fingerprint density at radius 3 is 1.71 bits per heavy atom. The molecule has 7 heteroatoms. The van der Waals surface area contributed by atoms with Gasteiger partial charge in [0.15, 0.2) is 9.14 Å². The van der Waals surface area contributed by atoms with Crippen LogP contribution in [0.1, 0.15) is 0 Å². The van der Waals surface area contributed by atoms with Crippen molar-refractivity contribution in [3.8, 4) is 0 Å². The van der Waals surface area contributed by atoms with Gasteiger partial charge in [-0.3, -0.25) is 0 Å². The molecular formula is H2AlCaFO3Si. The van der Waals surface area contributed by atoms with Crippen LogP contribution in [-0.2, 0) is 3.48 Å². The molecule has 0 saturated carbocycles. The van der Waals surface area contributed by atoms with E-state index in [0.717, 1.165) is 0 Å². The van der Waals surface area contributed by atoms with Crippen LogP contribution in [0.5, 0.6) is 0 Å². The smallest absolute Gasteiger partial charge is 0.826 e. The van der Waals surface area contributed by atoms with Crippen molar-refractivity contribution < 1.29 is 17.2 Å². The Labute approximate surface area is 79.8 Å². The van der Waals surface area contributed by atoms with E-state index in [1.165, 1.54) is 0 Å². The fourth-order valence-electron chi connectivity index (χ4n) is 0. The first-order valence-electron chi connectivity index (χ1n) is 1.21. The fraction of sp³-hybridized carbons (Fsp3) is 0. The van der Waals surface area contributed by atoms with Crippen LogP contribution in [0, 0.1) is 0 Å². The third-order valence-corrected chi connectivity index (χ3v) is 2.19. The maximum absolute atomic E-state index is 11.0. The Kier molecular flexibility index (Phi) is 7.74. The van der Waals surface area contributed by atoms with E-state index in [2.05, 4.69) is 3.48 Å². The average Bonchev–Trinajstić information content (AvgIpc) is 1.35. The molecule has 0 aliphatic rings. The molecule has 0 heterocycles. The first-order valence-corrected chi connectivity index (χ1v) is 3.63. The molecule has 0 aromatic heterocycles. The quantitative estimate of drug-likeness (QED) is 0.296. The third kappa shape index (κ3) is 11.4. The van der Waals surface area contributed by atoms with Crippen molar-refractivity contribution in [2.45, 2.75) is 0 Å². The second-order valence-electron chi connectivity index (χ2n) is 0.686. The maximum atomic E-state index is 11.0. The van der Waals surface area contributed by atoms with Gasteiger partial charge < -0.3 is 17.2 Å². The zero-order valence-electron chi connectivity index (χ0n) is 3.81. The molecule has 0 aromatic carbocycles. The van der Waals surface area contributed by atoms with E-state index in [1.54, 1.807) is 0 Å². The van der Waals surface area contributed by atoms with E-state index in [1.807, 2.05) is 0 Å². The average molecular weight is 164 g/mol. The van der Waals surface area contributed by atoms with Crippen LogP contribution >= 0.6 is 0 Å². The molecule has 0 aliphatic carbocycles. The van der Waals surface area contributed by atoms with Crippen molar-refractivity contribution in [1.29, 1.82) is 0 Å². The van der Waals surface area contributed by atoms with Gasteiger partial charge in [0.2, 0.25) is 0 Å². The molecular weight excluding hydrogens is 162 g/mol. The summed E-state index contributed by atoms with van der Waals surface area (Å²) >= 11 is -0.0903. The molecule has 7 heavy (non-hydrogen) atoms. The largest absolute Gasteiger partial charge is 2.00 e. The standard InChI is InChI=1S/Al.Ca.FO3Si.2H/c;;1-5(2,3)4;;/q+1;+2;-3;;. The third-order valence-electron chi connectivity index (χ3n) is 0.244. The van der Waals surface area contributed by atoms with Crippen LogP contribution < -0.4 is 9.59 Å². The second kappa shape index (κ2) is 4.67. The summed E-state index contributed by atoms with van der Waals surface area (Å²) in [5.74, 6) is 0. The molecule has 0 aliphatic heterocycles. The molecule has 0 radical (unpaired) electrons. The van der Waals surface area contributed by atoms with E-state index in [9.17, 15) is 13.7 Å². The van der Waals surface area contributed by atoms with Gasteiger partial charge >= 0.3 is 54.4 Å². The number of hydrogen-bond acceptors (Lipinski definition) is 3. The van der Waals surface area contributed by atoms with E-state index < -0.39 is 9.14 Å². The van der Waals surface area contributed by atoms with Crippen molar-refractivity contribution in [2.24, 2.45) is 0 Å². The predicted octanol–water partition coefficient (Wildman–Crippen LogP) is -3.70. The molecule has 3 nitrogen and oxygen atoms in total. The van der Waals surface area contributed by atoms with Crippen LogP contribution in [0.15, 0.2) is 0 Å². The van der Waals surface area contributed by atoms with Crippen molar-refractivity contribution >= 4 is 63.5 Å². The molecule has 0 rings (SSSR count). The molecule has 0 saturated heterocycles. The molecule has 0 bridgehead atoms. The van der Waals surface area contributed by atoms with Gasteiger partial charge in [0.05, 0.1) is 0 Å². The molecule has 0 atom stereocenters. The minimum Gasteiger partial charge on any atom is -0.826 e. The van der Waals surface area contributed by atoms with Gasteiger partial charge in [-0.1, -0.05) is 0 Å². The van der Waals surface area contributed by atoms with Crippen molar-refractivity contribution in [3.63, 3.8) is 0 Å². The molecule has 0 amide bonds. The van der Waals surface area contributed by atoms with Gasteiger partial charge in [-0.25, -0.2) is 0 Å². The summed E-state index contributed by atoms with van der Waals surface area (Å²) in [5.41, 5.74) is 0. The van der Waals surface area contributed by atoms with Gasteiger partial charge in [0, 0.05) is 0 Å². The van der Waals surface area contributed by atoms with E-state index >= 15 is 0 Å². The normalized spacial score (nSPS) is 10.1. The Morgan fingerprint density at radius 1 is 1.57 bits per heavy atom. The second-order valence-corrected chi connectivity index (χ2v) is 3.28. The van der Waals surface area contributed by atoms with Crippen LogP contribution in [0.2, 0.25) is 0 Å². The van der Waals surface area contributed by atoms with Crippen molar-refractivity contribution in [2.75, 3.05) is 0 Å². The first kappa shape index (κ1) is 11.6. The van der Waals surface area contributed by atoms with E-state index in [0.29, 0.717) is 0 Å². The zero-order chi connectivity index (χ0) is 5.21. The summed E-state index contributed by atoms with van der Waals surface area (Å²) in [7, 11) is -5.07. The minimum atomic E-state index is -5.07. The molecule has 0 N–H and O–H groups in total. The zero-order valence-corrected chi connectivity index (χ0v) is 9.02. The fourth-order valence-corrected chi connectivity index (χ4v) is 0. The Hall–Kier alpha value is 1.82. The molecule has 0 fully saturated rings. The van der Waals surface area contributed by atoms with Crippen LogP contribution in [-0.4, -0.2) is 63.5 Å². The number of rotatable bonds is 1. The summed E-state index contributed by atoms with van der Waals surface area (Å²) in [6.07, 6.45) is 0. The number of hydrogen-bond donors (Lipinski definition) is 0. The van der Waals surface area contributed by atoms with Gasteiger partial charge in [0.25, 0.3) is 0 Å². The monoisotopic (exact) mass is 164 g/mol. The Morgan fingerprint density at radius 2 is 1.71 bits per heavy atom. The van der Waals surface area contributed by atoms with Gasteiger partial charge in [-0.2, -0.15) is 0 Å². The Balaban J connectivity index is 0. The summed E-state index contributed by atoms with van der Waals surface area (Å²) in [6, 6.07) is 0. The van der Waals surface area contributed by atoms with Crippen LogP contribution in [0.4, 0.5) is 4.11 Å². The topological polar surface area (TPSA) is 55.3 Å². The molecule has 0 unspecified atom stereocenters. The van der Waals surface area contributed by atoms with Crippen LogP contribution in [0.25, 0.3) is 0 Å².